The van der Waals surface area contributed by atoms with Crippen LogP contribution in [0.5, 0.6) is 5.75 Å². The molecule has 2 nitrogen and oxygen atoms in total. The third-order valence-electron chi connectivity index (χ3n) is 1.66. The number of alkyl halides is 5. The standard InChI is InChI=1S/C8H5F5INO/c1-3-2-15-7(14)5(4(3)6(9)10)16-8(11,12)13/h2,6H,1H3. The molecule has 0 aliphatic heterocycles. The van der Waals surface area contributed by atoms with Gasteiger partial charge in [0.1, 0.15) is 3.70 Å². The van der Waals surface area contributed by atoms with Crippen molar-refractivity contribution < 1.29 is 26.7 Å². The van der Waals surface area contributed by atoms with Gasteiger partial charge in [0.25, 0.3) is 6.43 Å². The molecular weight excluding hydrogens is 348 g/mol. The van der Waals surface area contributed by atoms with Gasteiger partial charge in [0.05, 0.1) is 5.56 Å². The van der Waals surface area contributed by atoms with E-state index in [9.17, 15) is 22.0 Å². The summed E-state index contributed by atoms with van der Waals surface area (Å²) in [5.74, 6) is -0.928. The molecular formula is C8H5F5INO. The van der Waals surface area contributed by atoms with E-state index >= 15 is 0 Å². The summed E-state index contributed by atoms with van der Waals surface area (Å²) >= 11 is 1.41. The highest BCUT2D eigenvalue weighted by atomic mass is 127. The minimum atomic E-state index is -5.01. The molecule has 1 heterocycles. The molecule has 8 heteroatoms. The van der Waals surface area contributed by atoms with Gasteiger partial charge in [0.2, 0.25) is 0 Å². The maximum absolute atomic E-state index is 12.6. The van der Waals surface area contributed by atoms with E-state index in [0.717, 1.165) is 6.20 Å². The van der Waals surface area contributed by atoms with Crippen molar-refractivity contribution in [2.45, 2.75) is 19.7 Å². The molecule has 0 saturated heterocycles. The fourth-order valence-corrected chi connectivity index (χ4v) is 1.60. The van der Waals surface area contributed by atoms with E-state index in [2.05, 4.69) is 9.72 Å². The van der Waals surface area contributed by atoms with E-state index in [-0.39, 0.29) is 9.26 Å². The Morgan fingerprint density at radius 1 is 1.38 bits per heavy atom. The zero-order valence-corrected chi connectivity index (χ0v) is 9.94. The molecule has 0 fully saturated rings. The van der Waals surface area contributed by atoms with E-state index in [1.807, 2.05) is 0 Å². The van der Waals surface area contributed by atoms with Gasteiger partial charge in [-0.15, -0.1) is 13.2 Å². The largest absolute Gasteiger partial charge is 0.573 e. The first-order chi connectivity index (χ1) is 7.22. The van der Waals surface area contributed by atoms with Crippen LogP contribution < -0.4 is 4.74 Å². The lowest BCUT2D eigenvalue weighted by atomic mass is 10.1. The summed E-state index contributed by atoms with van der Waals surface area (Å²) in [4.78, 5) is 3.53. The van der Waals surface area contributed by atoms with Crippen LogP contribution in [-0.4, -0.2) is 11.3 Å². The van der Waals surface area contributed by atoms with Gasteiger partial charge in [-0.05, 0) is 35.1 Å². The molecule has 0 aliphatic rings. The van der Waals surface area contributed by atoms with Gasteiger partial charge in [-0.2, -0.15) is 0 Å². The van der Waals surface area contributed by atoms with Crippen molar-refractivity contribution in [3.8, 4) is 5.75 Å². The summed E-state index contributed by atoms with van der Waals surface area (Å²) in [5, 5.41) is 0. The molecule has 1 aromatic heterocycles. The van der Waals surface area contributed by atoms with E-state index in [1.165, 1.54) is 29.5 Å². The summed E-state index contributed by atoms with van der Waals surface area (Å²) in [7, 11) is 0. The minimum Gasteiger partial charge on any atom is -0.402 e. The monoisotopic (exact) mass is 353 g/mol. The Hall–Kier alpha value is -0.670. The number of aryl methyl sites for hydroxylation is 1. The highest BCUT2D eigenvalue weighted by Crippen LogP contribution is 2.37. The van der Waals surface area contributed by atoms with Gasteiger partial charge in [-0.25, -0.2) is 13.8 Å². The molecule has 0 radical (unpaired) electrons. The summed E-state index contributed by atoms with van der Waals surface area (Å²) in [6, 6.07) is 0. The van der Waals surface area contributed by atoms with Gasteiger partial charge in [-0.1, -0.05) is 0 Å². The molecule has 1 rings (SSSR count). The van der Waals surface area contributed by atoms with Crippen LogP contribution in [0.2, 0.25) is 0 Å². The summed E-state index contributed by atoms with van der Waals surface area (Å²) in [5.41, 5.74) is -0.827. The molecule has 0 saturated carbocycles. The first-order valence-corrected chi connectivity index (χ1v) is 4.99. The fraction of sp³-hybridized carbons (Fsp3) is 0.375. The van der Waals surface area contributed by atoms with Crippen LogP contribution >= 0.6 is 22.6 Å². The van der Waals surface area contributed by atoms with Crippen molar-refractivity contribution >= 4 is 22.6 Å². The topological polar surface area (TPSA) is 22.1 Å². The summed E-state index contributed by atoms with van der Waals surface area (Å²) < 4.78 is 64.4. The molecule has 0 aromatic carbocycles. The molecule has 0 unspecified atom stereocenters. The van der Waals surface area contributed by atoms with Crippen LogP contribution in [0.3, 0.4) is 0 Å². The lowest BCUT2D eigenvalue weighted by Crippen LogP contribution is -2.19. The van der Waals surface area contributed by atoms with Crippen molar-refractivity contribution in [3.05, 3.63) is 21.0 Å². The van der Waals surface area contributed by atoms with E-state index in [0.29, 0.717) is 0 Å². The maximum atomic E-state index is 12.6. The van der Waals surface area contributed by atoms with Crippen LogP contribution in [0.1, 0.15) is 17.6 Å². The second-order valence-corrected chi connectivity index (χ2v) is 3.85. The number of pyridine rings is 1. The molecule has 0 atom stereocenters. The number of halogens is 6. The first kappa shape index (κ1) is 13.4. The summed E-state index contributed by atoms with van der Waals surface area (Å²) in [6.07, 6.45) is -6.99. The Morgan fingerprint density at radius 2 is 1.94 bits per heavy atom. The number of ether oxygens (including phenoxy) is 1. The molecule has 0 aliphatic carbocycles. The normalized spacial score (nSPS) is 12.0. The van der Waals surface area contributed by atoms with Crippen molar-refractivity contribution in [2.24, 2.45) is 0 Å². The third kappa shape index (κ3) is 3.16. The number of nitrogens with zero attached hydrogens (tertiary/aromatic N) is 1. The fourth-order valence-electron chi connectivity index (χ4n) is 1.06. The Labute approximate surface area is 101 Å². The quantitative estimate of drug-likeness (QED) is 0.458. The van der Waals surface area contributed by atoms with Gasteiger partial charge >= 0.3 is 6.36 Å². The maximum Gasteiger partial charge on any atom is 0.573 e. The Bertz CT molecular complexity index is 393. The van der Waals surface area contributed by atoms with Gasteiger partial charge in [-0.3, -0.25) is 0 Å². The van der Waals surface area contributed by atoms with Crippen LogP contribution in [-0.2, 0) is 0 Å². The third-order valence-corrected chi connectivity index (χ3v) is 2.43. The second kappa shape index (κ2) is 4.68. The molecule has 16 heavy (non-hydrogen) atoms. The Balaban J connectivity index is 3.29. The highest BCUT2D eigenvalue weighted by Gasteiger charge is 2.35. The molecule has 0 amide bonds. The van der Waals surface area contributed by atoms with Crippen molar-refractivity contribution in [3.63, 3.8) is 0 Å². The number of hydrogen-bond donors (Lipinski definition) is 0. The van der Waals surface area contributed by atoms with Crippen molar-refractivity contribution in [1.29, 1.82) is 0 Å². The van der Waals surface area contributed by atoms with Crippen LogP contribution in [0, 0.1) is 10.6 Å². The molecule has 0 N–H and O–H groups in total. The van der Waals surface area contributed by atoms with Crippen molar-refractivity contribution in [2.75, 3.05) is 0 Å². The lowest BCUT2D eigenvalue weighted by molar-refractivity contribution is -0.275. The molecule has 90 valence electrons. The summed E-state index contributed by atoms with van der Waals surface area (Å²) in [6.45, 7) is 1.24. The smallest absolute Gasteiger partial charge is 0.402 e. The van der Waals surface area contributed by atoms with Crippen LogP contribution in [0.4, 0.5) is 22.0 Å². The SMILES string of the molecule is Cc1cnc(I)c(OC(F)(F)F)c1C(F)F. The predicted octanol–water partition coefficient (Wildman–Crippen LogP) is 3.83. The highest BCUT2D eigenvalue weighted by molar-refractivity contribution is 14.1. The predicted molar refractivity (Wildman–Crippen MR) is 53.3 cm³/mol. The van der Waals surface area contributed by atoms with E-state index in [1.54, 1.807) is 0 Å². The van der Waals surface area contributed by atoms with Gasteiger partial charge in [0, 0.05) is 6.20 Å². The zero-order valence-electron chi connectivity index (χ0n) is 7.78. The Morgan fingerprint density at radius 3 is 2.38 bits per heavy atom. The van der Waals surface area contributed by atoms with Gasteiger partial charge < -0.3 is 4.74 Å². The van der Waals surface area contributed by atoms with Crippen LogP contribution in [0.15, 0.2) is 6.20 Å². The minimum absolute atomic E-state index is 0.0466. The molecule has 0 bridgehead atoms. The first-order valence-electron chi connectivity index (χ1n) is 3.91. The average Bonchev–Trinajstić information content (AvgIpc) is 2.08. The number of aromatic nitrogens is 1. The van der Waals surface area contributed by atoms with E-state index < -0.39 is 24.1 Å². The molecule has 1 aromatic rings. The van der Waals surface area contributed by atoms with Gasteiger partial charge in [0.15, 0.2) is 5.75 Å². The zero-order chi connectivity index (χ0) is 12.5. The van der Waals surface area contributed by atoms with E-state index in [4.69, 9.17) is 0 Å². The van der Waals surface area contributed by atoms with Crippen molar-refractivity contribution in [1.82, 2.24) is 4.98 Å². The number of rotatable bonds is 2. The Kier molecular flexibility index (Phi) is 3.92. The number of hydrogen-bond acceptors (Lipinski definition) is 2. The lowest BCUT2D eigenvalue weighted by Gasteiger charge is -2.15. The molecule has 0 spiro atoms. The van der Waals surface area contributed by atoms with Crippen LogP contribution in [0.25, 0.3) is 0 Å². The average molecular weight is 353 g/mol. The second-order valence-electron chi connectivity index (χ2n) is 2.82.